The molecule has 0 spiro atoms. The van der Waals surface area contributed by atoms with Crippen LogP contribution in [0.3, 0.4) is 0 Å². The lowest BCUT2D eigenvalue weighted by molar-refractivity contribution is -0.148. The van der Waals surface area contributed by atoms with Gasteiger partial charge in [-0.05, 0) is 56.6 Å². The number of nitrogens with two attached hydrogens (primary N) is 1. The summed E-state index contributed by atoms with van der Waals surface area (Å²) in [6.45, 7) is 0.195. The van der Waals surface area contributed by atoms with Gasteiger partial charge in [0, 0.05) is 44.0 Å². The second-order valence-corrected chi connectivity index (χ2v) is 12.0. The monoisotopic (exact) mass is 692 g/mol. The summed E-state index contributed by atoms with van der Waals surface area (Å²) in [5.41, 5.74) is 2.94. The van der Waals surface area contributed by atoms with Crippen molar-refractivity contribution in [1.82, 2.24) is 15.2 Å². The number of phenolic OH excluding ortho intramolecular Hbond substituents is 1. The first-order valence-electron chi connectivity index (χ1n) is 14.3. The number of likely N-dealkylation sites (N-methyl/N-ethyl adjacent to an activating group) is 1. The smallest absolute Gasteiger partial charge is 0.255 e. The highest BCUT2D eigenvalue weighted by Gasteiger charge is 2.63. The van der Waals surface area contributed by atoms with Crippen LogP contribution < -0.4 is 21.3 Å². The van der Waals surface area contributed by atoms with Crippen molar-refractivity contribution in [3.05, 3.63) is 69.9 Å². The minimum absolute atomic E-state index is 0. The van der Waals surface area contributed by atoms with Crippen LogP contribution in [0.2, 0.25) is 0 Å². The van der Waals surface area contributed by atoms with Crippen molar-refractivity contribution >= 4 is 59.6 Å². The maximum Gasteiger partial charge on any atom is 0.255 e. The Bertz CT molecular complexity index is 1680. The summed E-state index contributed by atoms with van der Waals surface area (Å²) >= 11 is 0. The number of carbonyl (C=O) groups is 4. The first kappa shape index (κ1) is 37.2. The average molecular weight is 694 g/mol. The molecule has 8 N–H and O–H groups in total. The fourth-order valence-corrected chi connectivity index (χ4v) is 6.79. The number of hydrogen-bond acceptors (Lipinski definition) is 12. The standard InChI is InChI=1S/C31H36N6O8.2ClH/c1-36(2)19-11-18(35-20(38)13-33-12-15-7-5-6-8-34-15)25(39)22-16(19)9-14-10-17-24(37(3)4)27(41)23(30(32)44)29(43)31(17,45)28(42)21(14)26(22)40;;/h5-8,11,14,17,24,33,39,41-42,45H,9-10,12-13H2,1-4H3,(H2,32,44)(H,35,38);2*1H/t14?,17?,24-,31-;;/m0../s1. The summed E-state index contributed by atoms with van der Waals surface area (Å²) in [5.74, 6) is -7.92. The molecule has 47 heavy (non-hydrogen) atoms. The van der Waals surface area contributed by atoms with Crippen LogP contribution in [-0.4, -0.2) is 100 Å². The molecule has 1 heterocycles. The predicted octanol–water partition coefficient (Wildman–Crippen LogP) is 1.15. The summed E-state index contributed by atoms with van der Waals surface area (Å²) < 4.78 is 0. The van der Waals surface area contributed by atoms with Crippen LogP contribution in [0.5, 0.6) is 5.75 Å². The zero-order chi connectivity index (χ0) is 33.0. The first-order valence-corrected chi connectivity index (χ1v) is 14.3. The van der Waals surface area contributed by atoms with Crippen LogP contribution >= 0.6 is 24.8 Å². The number of rotatable bonds is 8. The number of aliphatic hydroxyl groups is 3. The number of primary amides is 1. The quantitative estimate of drug-likeness (QED) is 0.153. The molecule has 16 heteroatoms. The molecule has 254 valence electrons. The fraction of sp³-hybridized carbons (Fsp3) is 0.387. The number of Topliss-reactive ketones (excluding diaryl/α,β-unsaturated/α-hetero) is 2. The van der Waals surface area contributed by atoms with Gasteiger partial charge in [0.25, 0.3) is 5.91 Å². The minimum atomic E-state index is -2.74. The van der Waals surface area contributed by atoms with Gasteiger partial charge in [-0.1, -0.05) is 6.07 Å². The van der Waals surface area contributed by atoms with Crippen LogP contribution in [0.15, 0.2) is 53.1 Å². The van der Waals surface area contributed by atoms with Crippen molar-refractivity contribution in [2.24, 2.45) is 17.6 Å². The number of aromatic hydroxyl groups is 1. The molecule has 2 amide bonds. The van der Waals surface area contributed by atoms with Crippen LogP contribution in [-0.2, 0) is 27.3 Å². The summed E-state index contributed by atoms with van der Waals surface area (Å²) in [6, 6.07) is 5.86. The zero-order valence-corrected chi connectivity index (χ0v) is 27.7. The Hall–Kier alpha value is -4.21. The van der Waals surface area contributed by atoms with Crippen molar-refractivity contribution in [3.63, 3.8) is 0 Å². The van der Waals surface area contributed by atoms with Gasteiger partial charge in [0.1, 0.15) is 17.1 Å². The van der Waals surface area contributed by atoms with Gasteiger partial charge in [-0.15, -0.1) is 24.8 Å². The van der Waals surface area contributed by atoms with Gasteiger partial charge in [-0.3, -0.25) is 29.1 Å². The van der Waals surface area contributed by atoms with E-state index in [9.17, 15) is 39.6 Å². The number of aliphatic hydroxyl groups excluding tert-OH is 2. The molecule has 1 aromatic carbocycles. The Balaban J connectivity index is 0.00000300. The van der Waals surface area contributed by atoms with Crippen molar-refractivity contribution in [1.29, 1.82) is 0 Å². The van der Waals surface area contributed by atoms with E-state index in [4.69, 9.17) is 5.73 Å². The van der Waals surface area contributed by atoms with E-state index in [-0.39, 0.29) is 61.0 Å². The van der Waals surface area contributed by atoms with Crippen molar-refractivity contribution in [3.8, 4) is 5.75 Å². The number of anilines is 2. The fourth-order valence-electron chi connectivity index (χ4n) is 6.79. The number of benzene rings is 1. The molecule has 0 radical (unpaired) electrons. The van der Waals surface area contributed by atoms with Gasteiger partial charge in [-0.25, -0.2) is 0 Å². The number of carbonyl (C=O) groups excluding carboxylic acids is 4. The maximum atomic E-state index is 14.1. The van der Waals surface area contributed by atoms with Crippen molar-refractivity contribution < 1.29 is 39.6 Å². The molecule has 1 aromatic heterocycles. The van der Waals surface area contributed by atoms with Gasteiger partial charge in [0.2, 0.25) is 11.7 Å². The Morgan fingerprint density at radius 2 is 1.79 bits per heavy atom. The summed E-state index contributed by atoms with van der Waals surface area (Å²) in [6.07, 6.45) is 1.72. The molecular formula is C31H38Cl2N6O8. The van der Waals surface area contributed by atoms with Crippen LogP contribution in [0.25, 0.3) is 0 Å². The molecule has 0 bridgehead atoms. The molecule has 3 aliphatic rings. The van der Waals surface area contributed by atoms with Gasteiger partial charge >= 0.3 is 0 Å². The number of pyridine rings is 1. The van der Waals surface area contributed by atoms with E-state index in [0.29, 0.717) is 17.8 Å². The molecule has 4 atom stereocenters. The van der Waals surface area contributed by atoms with Gasteiger partial charge < -0.3 is 41.7 Å². The Labute approximate surface area is 283 Å². The third kappa shape index (κ3) is 6.14. The number of amides is 2. The van der Waals surface area contributed by atoms with E-state index in [1.54, 1.807) is 57.5 Å². The number of nitrogens with zero attached hydrogens (tertiary/aromatic N) is 3. The van der Waals surface area contributed by atoms with Crippen LogP contribution in [0.1, 0.15) is 28.0 Å². The van der Waals surface area contributed by atoms with Gasteiger partial charge in [-0.2, -0.15) is 0 Å². The summed E-state index contributed by atoms with van der Waals surface area (Å²) in [5, 5.41) is 51.2. The zero-order valence-electron chi connectivity index (χ0n) is 26.1. The van der Waals surface area contributed by atoms with Crippen molar-refractivity contribution in [2.75, 3.05) is 45.0 Å². The Morgan fingerprint density at radius 1 is 1.11 bits per heavy atom. The number of halogens is 2. The normalized spacial score (nSPS) is 23.2. The van der Waals surface area contributed by atoms with E-state index >= 15 is 0 Å². The number of nitrogens with one attached hydrogen (secondary N) is 2. The third-order valence-electron chi connectivity index (χ3n) is 8.77. The third-order valence-corrected chi connectivity index (χ3v) is 8.77. The highest BCUT2D eigenvalue weighted by Crippen LogP contribution is 2.53. The number of phenols is 1. The number of hydrogen-bond donors (Lipinski definition) is 7. The highest BCUT2D eigenvalue weighted by atomic mass is 35.5. The SMILES string of the molecule is CN(C)c1cc(NC(=O)CNCc2ccccn2)c(O)c2c1CC1CC3[C@H](N(C)C)C(O)=C(C(N)=O)C(=O)[C@@]3(O)C(O)=C1C2=O.Cl.Cl. The molecule has 5 rings (SSSR count). The number of allylic oxidation sites excluding steroid dienone is 1. The number of aromatic nitrogens is 1. The molecule has 3 aliphatic carbocycles. The second-order valence-electron chi connectivity index (χ2n) is 12.0. The largest absolute Gasteiger partial charge is 0.510 e. The second kappa shape index (κ2) is 13.9. The molecule has 0 saturated heterocycles. The lowest BCUT2D eigenvalue weighted by Gasteiger charge is -2.50. The number of fused-ring (bicyclic) bond motifs is 3. The predicted molar refractivity (Wildman–Crippen MR) is 177 cm³/mol. The van der Waals surface area contributed by atoms with E-state index < -0.39 is 69.7 Å². The molecule has 0 aliphatic heterocycles. The van der Waals surface area contributed by atoms with Crippen LogP contribution in [0, 0.1) is 11.8 Å². The van der Waals surface area contributed by atoms with E-state index in [2.05, 4.69) is 15.6 Å². The summed E-state index contributed by atoms with van der Waals surface area (Å²) in [7, 11) is 6.60. The molecule has 14 nitrogen and oxygen atoms in total. The highest BCUT2D eigenvalue weighted by molar-refractivity contribution is 6.25. The number of ketones is 2. The maximum absolute atomic E-state index is 14.1. The van der Waals surface area contributed by atoms with Gasteiger partial charge in [0.15, 0.2) is 17.1 Å². The van der Waals surface area contributed by atoms with E-state index in [0.717, 1.165) is 5.69 Å². The van der Waals surface area contributed by atoms with Crippen molar-refractivity contribution in [2.45, 2.75) is 31.0 Å². The molecule has 0 fully saturated rings. The minimum Gasteiger partial charge on any atom is -0.510 e. The van der Waals surface area contributed by atoms with E-state index in [1.807, 2.05) is 6.07 Å². The Morgan fingerprint density at radius 3 is 2.36 bits per heavy atom. The molecule has 2 unspecified atom stereocenters. The lowest BCUT2D eigenvalue weighted by atomic mass is 9.58. The summed E-state index contributed by atoms with van der Waals surface area (Å²) in [4.78, 5) is 60.0. The van der Waals surface area contributed by atoms with Crippen LogP contribution in [0.4, 0.5) is 11.4 Å². The molecule has 0 saturated carbocycles. The van der Waals surface area contributed by atoms with E-state index in [1.165, 1.54) is 4.90 Å². The molecule has 2 aromatic rings. The topological polar surface area (TPSA) is 219 Å². The first-order chi connectivity index (χ1) is 21.2. The lowest BCUT2D eigenvalue weighted by Crippen LogP contribution is -2.63. The average Bonchev–Trinajstić information content (AvgIpc) is 2.96. The molecular weight excluding hydrogens is 655 g/mol. The van der Waals surface area contributed by atoms with Gasteiger partial charge in [0.05, 0.1) is 29.5 Å². The Kier molecular flexibility index (Phi) is 11.0.